The van der Waals surface area contributed by atoms with E-state index in [9.17, 15) is 0 Å². The highest BCUT2D eigenvalue weighted by molar-refractivity contribution is 6.30. The fourth-order valence-corrected chi connectivity index (χ4v) is 3.57. The molecule has 3 rings (SSSR count). The Hall–Kier alpha value is -2.91. The first-order chi connectivity index (χ1) is 14.5. The molecule has 0 spiro atoms. The lowest BCUT2D eigenvalue weighted by molar-refractivity contribution is 0.281. The summed E-state index contributed by atoms with van der Waals surface area (Å²) >= 11 is 6.09. The summed E-state index contributed by atoms with van der Waals surface area (Å²) in [6.07, 6.45) is 2.57. The number of rotatable bonds is 9. The molecule has 30 heavy (non-hydrogen) atoms. The Kier molecular flexibility index (Phi) is 7.42. The molecule has 0 atom stereocenters. The fourth-order valence-electron chi connectivity index (χ4n) is 3.35. The van der Waals surface area contributed by atoms with Gasteiger partial charge in [-0.1, -0.05) is 41.9 Å². The molecule has 3 nitrogen and oxygen atoms in total. The van der Waals surface area contributed by atoms with Crippen LogP contribution in [-0.2, 0) is 19.6 Å². The Morgan fingerprint density at radius 2 is 1.87 bits per heavy atom. The second kappa shape index (κ2) is 10.2. The normalized spacial score (nSPS) is 10.5. The molecule has 156 valence electrons. The van der Waals surface area contributed by atoms with E-state index < -0.39 is 0 Å². The predicted octanol–water partition coefficient (Wildman–Crippen LogP) is 6.89. The van der Waals surface area contributed by atoms with Crippen molar-refractivity contribution in [1.82, 2.24) is 0 Å². The average molecular weight is 422 g/mol. The number of hydrogen-bond acceptors (Lipinski definition) is 3. The van der Waals surface area contributed by atoms with Crippen LogP contribution in [0.15, 0.2) is 67.3 Å². The zero-order valence-electron chi connectivity index (χ0n) is 17.8. The fraction of sp³-hybridized carbons (Fsp3) is 0.231. The summed E-state index contributed by atoms with van der Waals surface area (Å²) in [7, 11) is 1.67. The van der Waals surface area contributed by atoms with Crippen molar-refractivity contribution >= 4 is 17.3 Å². The standard InChI is InChI=1S/C26H28ClNO2/c1-5-7-22-13-21(16-28-24-12-18(2)10-11-19(24)3)15-25(29-4)26(22)30-17-20-8-6-9-23(27)14-20/h5-6,8-15,28H,1,7,16-17H2,2-4H3. The van der Waals surface area contributed by atoms with Crippen LogP contribution in [0.2, 0.25) is 5.02 Å². The quantitative estimate of drug-likeness (QED) is 0.382. The third kappa shape index (κ3) is 5.58. The molecule has 0 aromatic heterocycles. The maximum Gasteiger partial charge on any atom is 0.165 e. The zero-order chi connectivity index (χ0) is 21.5. The Morgan fingerprint density at radius 1 is 1.03 bits per heavy atom. The number of nitrogens with one attached hydrogen (secondary N) is 1. The van der Waals surface area contributed by atoms with Crippen molar-refractivity contribution in [3.8, 4) is 11.5 Å². The smallest absolute Gasteiger partial charge is 0.165 e. The highest BCUT2D eigenvalue weighted by Crippen LogP contribution is 2.35. The van der Waals surface area contributed by atoms with E-state index in [-0.39, 0.29) is 0 Å². The van der Waals surface area contributed by atoms with Gasteiger partial charge in [-0.25, -0.2) is 0 Å². The van der Waals surface area contributed by atoms with E-state index in [4.69, 9.17) is 21.1 Å². The van der Waals surface area contributed by atoms with Gasteiger partial charge in [0, 0.05) is 22.8 Å². The van der Waals surface area contributed by atoms with Crippen LogP contribution < -0.4 is 14.8 Å². The van der Waals surface area contributed by atoms with Crippen molar-refractivity contribution in [3.05, 3.63) is 100 Å². The van der Waals surface area contributed by atoms with Gasteiger partial charge in [-0.2, -0.15) is 0 Å². The molecule has 1 N–H and O–H groups in total. The molecule has 0 unspecified atom stereocenters. The molecule has 0 saturated carbocycles. The first-order valence-electron chi connectivity index (χ1n) is 9.99. The van der Waals surface area contributed by atoms with Crippen LogP contribution in [0.1, 0.15) is 27.8 Å². The van der Waals surface area contributed by atoms with Crippen molar-refractivity contribution < 1.29 is 9.47 Å². The monoisotopic (exact) mass is 421 g/mol. The first kappa shape index (κ1) is 21.8. The van der Waals surface area contributed by atoms with Crippen LogP contribution in [0.25, 0.3) is 0 Å². The molecule has 0 radical (unpaired) electrons. The van der Waals surface area contributed by atoms with Gasteiger partial charge in [0.05, 0.1) is 7.11 Å². The molecule has 0 aliphatic carbocycles. The first-order valence-corrected chi connectivity index (χ1v) is 10.4. The van der Waals surface area contributed by atoms with Gasteiger partial charge in [0.25, 0.3) is 0 Å². The van der Waals surface area contributed by atoms with E-state index in [1.807, 2.05) is 36.4 Å². The van der Waals surface area contributed by atoms with Crippen molar-refractivity contribution in [1.29, 1.82) is 0 Å². The summed E-state index contributed by atoms with van der Waals surface area (Å²) in [5.41, 5.74) is 6.78. The zero-order valence-corrected chi connectivity index (χ0v) is 18.6. The summed E-state index contributed by atoms with van der Waals surface area (Å²) in [4.78, 5) is 0. The third-order valence-corrected chi connectivity index (χ3v) is 5.16. The van der Waals surface area contributed by atoms with E-state index in [1.165, 1.54) is 11.1 Å². The highest BCUT2D eigenvalue weighted by Gasteiger charge is 2.13. The predicted molar refractivity (Wildman–Crippen MR) is 126 cm³/mol. The highest BCUT2D eigenvalue weighted by atomic mass is 35.5. The molecule has 0 fully saturated rings. The van der Waals surface area contributed by atoms with Gasteiger partial charge in [0.2, 0.25) is 0 Å². The average Bonchev–Trinajstić information content (AvgIpc) is 2.73. The van der Waals surface area contributed by atoms with Gasteiger partial charge in [-0.15, -0.1) is 6.58 Å². The second-order valence-corrected chi connectivity index (χ2v) is 7.81. The van der Waals surface area contributed by atoms with E-state index in [2.05, 4.69) is 50.0 Å². The number of benzene rings is 3. The van der Waals surface area contributed by atoms with Crippen molar-refractivity contribution in [2.75, 3.05) is 12.4 Å². The number of allylic oxidation sites excluding steroid dienone is 1. The van der Waals surface area contributed by atoms with Crippen LogP contribution in [0.4, 0.5) is 5.69 Å². The molecular formula is C26H28ClNO2. The molecule has 0 amide bonds. The van der Waals surface area contributed by atoms with Crippen LogP contribution >= 0.6 is 11.6 Å². The number of aryl methyl sites for hydroxylation is 2. The van der Waals surface area contributed by atoms with Gasteiger partial charge in [-0.05, 0) is 72.9 Å². The summed E-state index contributed by atoms with van der Waals surface area (Å²) in [5, 5.41) is 4.23. The van der Waals surface area contributed by atoms with Crippen molar-refractivity contribution in [2.45, 2.75) is 33.4 Å². The summed E-state index contributed by atoms with van der Waals surface area (Å²) in [6.45, 7) is 9.22. The summed E-state index contributed by atoms with van der Waals surface area (Å²) in [5.74, 6) is 1.46. The van der Waals surface area contributed by atoms with Crippen LogP contribution in [0.3, 0.4) is 0 Å². The lowest BCUT2D eigenvalue weighted by Crippen LogP contribution is -2.05. The number of ether oxygens (including phenoxy) is 2. The Balaban J connectivity index is 1.83. The van der Waals surface area contributed by atoms with E-state index in [0.29, 0.717) is 30.3 Å². The SMILES string of the molecule is C=CCc1cc(CNc2cc(C)ccc2C)cc(OC)c1OCc1cccc(Cl)c1. The molecular weight excluding hydrogens is 394 g/mol. The Labute approximate surface area is 184 Å². The molecule has 3 aromatic rings. The van der Waals surface area contributed by atoms with Crippen LogP contribution in [0, 0.1) is 13.8 Å². The number of methoxy groups -OCH3 is 1. The van der Waals surface area contributed by atoms with Crippen molar-refractivity contribution in [3.63, 3.8) is 0 Å². The maximum atomic E-state index is 6.15. The van der Waals surface area contributed by atoms with E-state index in [0.717, 1.165) is 28.1 Å². The summed E-state index contributed by atoms with van der Waals surface area (Å²) in [6, 6.07) is 18.3. The van der Waals surface area contributed by atoms with Gasteiger partial charge < -0.3 is 14.8 Å². The van der Waals surface area contributed by atoms with Gasteiger partial charge >= 0.3 is 0 Å². The minimum absolute atomic E-state index is 0.418. The second-order valence-electron chi connectivity index (χ2n) is 7.37. The largest absolute Gasteiger partial charge is 0.493 e. The van der Waals surface area contributed by atoms with Crippen molar-refractivity contribution in [2.24, 2.45) is 0 Å². The molecule has 0 heterocycles. The summed E-state index contributed by atoms with van der Waals surface area (Å²) < 4.78 is 11.8. The minimum atomic E-state index is 0.418. The topological polar surface area (TPSA) is 30.5 Å². The van der Waals surface area contributed by atoms with E-state index in [1.54, 1.807) is 7.11 Å². The lowest BCUT2D eigenvalue weighted by Gasteiger charge is -2.18. The number of hydrogen-bond donors (Lipinski definition) is 1. The number of anilines is 1. The Morgan fingerprint density at radius 3 is 2.60 bits per heavy atom. The third-order valence-electron chi connectivity index (χ3n) is 4.92. The molecule has 0 aliphatic heterocycles. The molecule has 0 bridgehead atoms. The molecule has 3 aromatic carbocycles. The van der Waals surface area contributed by atoms with E-state index >= 15 is 0 Å². The van der Waals surface area contributed by atoms with Gasteiger partial charge in [0.15, 0.2) is 11.5 Å². The van der Waals surface area contributed by atoms with Gasteiger partial charge in [0.1, 0.15) is 6.61 Å². The van der Waals surface area contributed by atoms with Gasteiger partial charge in [-0.3, -0.25) is 0 Å². The number of halogens is 1. The lowest BCUT2D eigenvalue weighted by atomic mass is 10.0. The Bertz CT molecular complexity index is 1030. The molecule has 0 saturated heterocycles. The molecule has 0 aliphatic rings. The molecule has 4 heteroatoms. The minimum Gasteiger partial charge on any atom is -0.493 e. The maximum absolute atomic E-state index is 6.15. The van der Waals surface area contributed by atoms with Crippen LogP contribution in [0.5, 0.6) is 11.5 Å². The van der Waals surface area contributed by atoms with Crippen LogP contribution in [-0.4, -0.2) is 7.11 Å².